The van der Waals surface area contributed by atoms with Crippen LogP contribution in [0.2, 0.25) is 0 Å². The van der Waals surface area contributed by atoms with Gasteiger partial charge in [-0.3, -0.25) is 24.6 Å². The van der Waals surface area contributed by atoms with Crippen molar-refractivity contribution < 1.29 is 14.5 Å². The van der Waals surface area contributed by atoms with E-state index in [-0.39, 0.29) is 23.4 Å². The average Bonchev–Trinajstić information content (AvgIpc) is 2.72. The normalized spacial score (nSPS) is 13.4. The number of non-ortho nitro benzene ring substituents is 1. The lowest BCUT2D eigenvalue weighted by molar-refractivity contribution is -0.384. The van der Waals surface area contributed by atoms with Crippen molar-refractivity contribution in [2.75, 3.05) is 0 Å². The molecule has 0 aliphatic carbocycles. The number of nitro groups is 1. The Morgan fingerprint density at radius 2 is 1.77 bits per heavy atom. The molecule has 0 unspecified atom stereocenters. The smallest absolute Gasteiger partial charge is 0.270 e. The van der Waals surface area contributed by atoms with Gasteiger partial charge in [0.15, 0.2) is 0 Å². The first-order valence-electron chi connectivity index (χ1n) is 6.67. The van der Waals surface area contributed by atoms with E-state index in [9.17, 15) is 19.7 Å². The lowest BCUT2D eigenvalue weighted by atomic mass is 10.1. The number of amides is 2. The van der Waals surface area contributed by atoms with Gasteiger partial charge in [0, 0.05) is 12.1 Å². The Kier molecular flexibility index (Phi) is 3.21. The van der Waals surface area contributed by atoms with E-state index in [1.165, 1.54) is 12.1 Å². The lowest BCUT2D eigenvalue weighted by Crippen LogP contribution is -2.29. The monoisotopic (exact) mass is 296 g/mol. The predicted octanol–water partition coefficient (Wildman–Crippen LogP) is 2.70. The van der Waals surface area contributed by atoms with Gasteiger partial charge >= 0.3 is 0 Å². The van der Waals surface area contributed by atoms with Crippen LogP contribution in [0.1, 0.15) is 31.8 Å². The zero-order chi connectivity index (χ0) is 15.9. The number of benzene rings is 2. The number of fused-ring (bicyclic) bond motifs is 1. The van der Waals surface area contributed by atoms with Crippen molar-refractivity contribution in [1.29, 1.82) is 0 Å². The van der Waals surface area contributed by atoms with Gasteiger partial charge in [0.25, 0.3) is 17.5 Å². The minimum absolute atomic E-state index is 0.0897. The number of nitro benzene ring substituents is 1. The summed E-state index contributed by atoms with van der Waals surface area (Å²) in [5, 5.41) is 10.8. The molecule has 0 saturated carbocycles. The quantitative estimate of drug-likeness (QED) is 0.495. The van der Waals surface area contributed by atoms with Crippen LogP contribution < -0.4 is 0 Å². The zero-order valence-corrected chi connectivity index (χ0v) is 11.8. The summed E-state index contributed by atoms with van der Waals surface area (Å²) in [7, 11) is 0. The highest BCUT2D eigenvalue weighted by Crippen LogP contribution is 2.28. The van der Waals surface area contributed by atoms with Crippen LogP contribution in [0.5, 0.6) is 0 Å². The number of nitrogens with zero attached hydrogens (tertiary/aromatic N) is 2. The van der Waals surface area contributed by atoms with Crippen LogP contribution in [0.15, 0.2) is 42.5 Å². The Bertz CT molecular complexity index is 814. The predicted molar refractivity (Wildman–Crippen MR) is 78.5 cm³/mol. The maximum Gasteiger partial charge on any atom is 0.270 e. The highest BCUT2D eigenvalue weighted by molar-refractivity contribution is 6.21. The van der Waals surface area contributed by atoms with Gasteiger partial charge in [-0.1, -0.05) is 29.8 Å². The Labute approximate surface area is 126 Å². The number of aryl methyl sites for hydroxylation is 1. The van der Waals surface area contributed by atoms with E-state index in [0.29, 0.717) is 0 Å². The van der Waals surface area contributed by atoms with Crippen LogP contribution in [0, 0.1) is 17.0 Å². The van der Waals surface area contributed by atoms with Crippen LogP contribution in [0.25, 0.3) is 0 Å². The molecule has 0 spiro atoms. The molecular formula is C16H12N2O4. The zero-order valence-electron chi connectivity index (χ0n) is 11.8. The number of imide groups is 1. The fraction of sp³-hybridized carbons (Fsp3) is 0.125. The number of hydrogen-bond acceptors (Lipinski definition) is 4. The fourth-order valence-corrected chi connectivity index (χ4v) is 2.53. The summed E-state index contributed by atoms with van der Waals surface area (Å²) < 4.78 is 0. The molecule has 6 nitrogen and oxygen atoms in total. The molecule has 2 aromatic rings. The lowest BCUT2D eigenvalue weighted by Gasteiger charge is -2.14. The molecule has 1 aliphatic rings. The Morgan fingerprint density at radius 1 is 1.05 bits per heavy atom. The van der Waals surface area contributed by atoms with E-state index < -0.39 is 16.7 Å². The highest BCUT2D eigenvalue weighted by Gasteiger charge is 2.36. The maximum atomic E-state index is 12.4. The van der Waals surface area contributed by atoms with Gasteiger partial charge in [-0.05, 0) is 18.6 Å². The summed E-state index contributed by atoms with van der Waals surface area (Å²) in [5.41, 5.74) is 1.97. The molecule has 0 radical (unpaired) electrons. The molecule has 2 amide bonds. The summed E-state index contributed by atoms with van der Waals surface area (Å²) in [4.78, 5) is 36.0. The van der Waals surface area contributed by atoms with Gasteiger partial charge in [-0.2, -0.15) is 0 Å². The summed E-state index contributed by atoms with van der Waals surface area (Å²) >= 11 is 0. The average molecular weight is 296 g/mol. The first-order chi connectivity index (χ1) is 10.5. The standard InChI is InChI=1S/C16H12N2O4/c1-10-3-2-4-11(7-10)9-17-15(19)13-6-5-12(18(21)22)8-14(13)16(17)20/h2-8H,9H2,1H3. The van der Waals surface area contributed by atoms with Crippen molar-refractivity contribution in [3.63, 3.8) is 0 Å². The van der Waals surface area contributed by atoms with Crippen LogP contribution in [0.3, 0.4) is 0 Å². The summed E-state index contributed by atoms with van der Waals surface area (Å²) in [5.74, 6) is -0.915. The molecular weight excluding hydrogens is 284 g/mol. The molecule has 0 atom stereocenters. The van der Waals surface area contributed by atoms with Crippen molar-refractivity contribution in [3.05, 3.63) is 74.8 Å². The van der Waals surface area contributed by atoms with Crippen LogP contribution >= 0.6 is 0 Å². The molecule has 0 fully saturated rings. The van der Waals surface area contributed by atoms with E-state index in [0.717, 1.165) is 22.1 Å². The summed E-state index contributed by atoms with van der Waals surface area (Å²) in [6, 6.07) is 11.2. The molecule has 2 aromatic carbocycles. The fourth-order valence-electron chi connectivity index (χ4n) is 2.53. The van der Waals surface area contributed by atoms with Crippen LogP contribution in [-0.4, -0.2) is 21.6 Å². The van der Waals surface area contributed by atoms with Crippen molar-refractivity contribution in [2.24, 2.45) is 0 Å². The van der Waals surface area contributed by atoms with Crippen molar-refractivity contribution in [1.82, 2.24) is 4.90 Å². The number of carbonyl (C=O) groups is 2. The number of hydrogen-bond donors (Lipinski definition) is 0. The largest absolute Gasteiger partial charge is 0.270 e. The van der Waals surface area contributed by atoms with E-state index in [1.807, 2.05) is 31.2 Å². The minimum Gasteiger partial charge on any atom is -0.270 e. The van der Waals surface area contributed by atoms with Crippen LogP contribution in [0.4, 0.5) is 5.69 Å². The molecule has 0 N–H and O–H groups in total. The molecule has 1 aliphatic heterocycles. The highest BCUT2D eigenvalue weighted by atomic mass is 16.6. The van der Waals surface area contributed by atoms with Crippen molar-refractivity contribution in [2.45, 2.75) is 13.5 Å². The van der Waals surface area contributed by atoms with Gasteiger partial charge < -0.3 is 0 Å². The third kappa shape index (κ3) is 2.24. The third-order valence-electron chi connectivity index (χ3n) is 3.59. The van der Waals surface area contributed by atoms with Crippen molar-refractivity contribution in [3.8, 4) is 0 Å². The van der Waals surface area contributed by atoms with E-state index in [2.05, 4.69) is 0 Å². The second kappa shape index (κ2) is 5.07. The third-order valence-corrected chi connectivity index (χ3v) is 3.59. The second-order valence-electron chi connectivity index (χ2n) is 5.17. The van der Waals surface area contributed by atoms with E-state index in [1.54, 1.807) is 0 Å². The van der Waals surface area contributed by atoms with Gasteiger partial charge in [0.2, 0.25) is 0 Å². The molecule has 1 heterocycles. The van der Waals surface area contributed by atoms with Gasteiger partial charge in [0.05, 0.1) is 22.6 Å². The first-order valence-corrected chi connectivity index (χ1v) is 6.67. The SMILES string of the molecule is Cc1cccc(CN2C(=O)c3ccc([N+](=O)[O-])cc3C2=O)c1. The van der Waals surface area contributed by atoms with Crippen LogP contribution in [-0.2, 0) is 6.54 Å². The van der Waals surface area contributed by atoms with Gasteiger partial charge in [0.1, 0.15) is 0 Å². The molecule has 22 heavy (non-hydrogen) atoms. The van der Waals surface area contributed by atoms with Crippen molar-refractivity contribution >= 4 is 17.5 Å². The summed E-state index contributed by atoms with van der Waals surface area (Å²) in [6.07, 6.45) is 0. The second-order valence-corrected chi connectivity index (χ2v) is 5.17. The Morgan fingerprint density at radius 3 is 2.45 bits per heavy atom. The summed E-state index contributed by atoms with van der Waals surface area (Å²) in [6.45, 7) is 2.08. The number of carbonyl (C=O) groups excluding carboxylic acids is 2. The first kappa shape index (κ1) is 13.9. The minimum atomic E-state index is -0.582. The maximum absolute atomic E-state index is 12.4. The Balaban J connectivity index is 1.94. The van der Waals surface area contributed by atoms with E-state index in [4.69, 9.17) is 0 Å². The molecule has 0 bridgehead atoms. The molecule has 0 aromatic heterocycles. The molecule has 110 valence electrons. The Hall–Kier alpha value is -3.02. The topological polar surface area (TPSA) is 80.5 Å². The molecule has 6 heteroatoms. The number of rotatable bonds is 3. The molecule has 0 saturated heterocycles. The van der Waals surface area contributed by atoms with Gasteiger partial charge in [-0.25, -0.2) is 0 Å². The van der Waals surface area contributed by atoms with E-state index >= 15 is 0 Å². The molecule has 3 rings (SSSR count). The van der Waals surface area contributed by atoms with Gasteiger partial charge in [-0.15, -0.1) is 0 Å².